The van der Waals surface area contributed by atoms with Crippen molar-refractivity contribution in [1.29, 1.82) is 0 Å². The third-order valence-corrected chi connectivity index (χ3v) is 5.86. The lowest BCUT2D eigenvalue weighted by molar-refractivity contribution is 0.0930. The molecule has 0 aliphatic carbocycles. The first kappa shape index (κ1) is 16.4. The minimum Gasteiger partial charge on any atom is -0.457 e. The molecule has 2 bridgehead atoms. The molecule has 2 fully saturated rings. The lowest BCUT2D eigenvalue weighted by Crippen LogP contribution is -2.42. The maximum absolute atomic E-state index is 12.4. The molecule has 2 N–H and O–H groups in total. The third kappa shape index (κ3) is 3.50. The highest BCUT2D eigenvalue weighted by molar-refractivity contribution is 7.99. The lowest BCUT2D eigenvalue weighted by Gasteiger charge is -2.21. The van der Waals surface area contributed by atoms with E-state index in [2.05, 4.69) is 10.6 Å². The van der Waals surface area contributed by atoms with E-state index in [1.165, 1.54) is 31.4 Å². The van der Waals surface area contributed by atoms with E-state index >= 15 is 0 Å². The fraction of sp³-hybridized carbons (Fsp3) is 0.368. The van der Waals surface area contributed by atoms with Gasteiger partial charge in [0.25, 0.3) is 5.91 Å². The summed E-state index contributed by atoms with van der Waals surface area (Å²) in [6.07, 6.45) is 4.87. The normalized spacial score (nSPS) is 24.4. The Labute approximate surface area is 150 Å². The molecule has 1 aromatic heterocycles. The van der Waals surface area contributed by atoms with Gasteiger partial charge < -0.3 is 15.1 Å². The van der Waals surface area contributed by atoms with E-state index < -0.39 is 0 Å². The molecule has 0 spiro atoms. The van der Waals surface area contributed by atoms with Crippen LogP contribution < -0.4 is 10.6 Å². The molecule has 25 heavy (non-hydrogen) atoms. The average molecular weight is 356 g/mol. The summed E-state index contributed by atoms with van der Waals surface area (Å²) in [5, 5.41) is 7.34. The summed E-state index contributed by atoms with van der Waals surface area (Å²) in [5.41, 5.74) is 1.23. The van der Waals surface area contributed by atoms with Gasteiger partial charge in [0.1, 0.15) is 6.26 Å². The van der Waals surface area contributed by atoms with Crippen LogP contribution in [0.5, 0.6) is 0 Å². The van der Waals surface area contributed by atoms with Crippen molar-refractivity contribution in [2.75, 3.05) is 0 Å². The van der Waals surface area contributed by atoms with E-state index in [4.69, 9.17) is 4.42 Å². The zero-order valence-corrected chi connectivity index (χ0v) is 14.8. The van der Waals surface area contributed by atoms with E-state index in [-0.39, 0.29) is 17.7 Å². The molecule has 0 radical (unpaired) electrons. The number of hydrogen-bond donors (Lipinski definition) is 2. The number of amides is 1. The van der Waals surface area contributed by atoms with Crippen molar-refractivity contribution in [2.24, 2.45) is 0 Å². The van der Waals surface area contributed by atoms with Crippen LogP contribution in [-0.4, -0.2) is 29.8 Å². The van der Waals surface area contributed by atoms with Gasteiger partial charge in [0.15, 0.2) is 10.9 Å². The number of hydrogen-bond acceptors (Lipinski definition) is 5. The van der Waals surface area contributed by atoms with E-state index in [0.717, 1.165) is 17.7 Å². The van der Waals surface area contributed by atoms with Gasteiger partial charge in [0.2, 0.25) is 0 Å². The summed E-state index contributed by atoms with van der Waals surface area (Å²) in [7, 11) is 0. The predicted molar refractivity (Wildman–Crippen MR) is 95.1 cm³/mol. The molecular formula is C19H20N2O3S. The molecule has 2 aromatic rings. The van der Waals surface area contributed by atoms with Crippen molar-refractivity contribution in [3.05, 3.63) is 47.7 Å². The predicted octanol–water partition coefficient (Wildman–Crippen LogP) is 3.26. The Hall–Kier alpha value is -2.05. The zero-order valence-electron chi connectivity index (χ0n) is 14.0. The van der Waals surface area contributed by atoms with Crippen molar-refractivity contribution >= 4 is 23.5 Å². The monoisotopic (exact) mass is 356 g/mol. The fourth-order valence-electron chi connectivity index (χ4n) is 3.58. The third-order valence-electron chi connectivity index (χ3n) is 4.93. The van der Waals surface area contributed by atoms with E-state index in [1.807, 2.05) is 24.3 Å². The molecule has 3 unspecified atom stereocenters. The second kappa shape index (κ2) is 6.69. The van der Waals surface area contributed by atoms with Gasteiger partial charge >= 0.3 is 0 Å². The van der Waals surface area contributed by atoms with E-state index in [9.17, 15) is 9.59 Å². The highest BCUT2D eigenvalue weighted by Crippen LogP contribution is 2.30. The van der Waals surface area contributed by atoms with Crippen molar-refractivity contribution in [3.8, 4) is 0 Å². The summed E-state index contributed by atoms with van der Waals surface area (Å²) < 4.78 is 5.38. The van der Waals surface area contributed by atoms with Gasteiger partial charge in [-0.15, -0.1) is 0 Å². The first-order valence-corrected chi connectivity index (χ1v) is 9.34. The summed E-state index contributed by atoms with van der Waals surface area (Å²) in [6, 6.07) is 10.4. The average Bonchev–Trinajstić information content (AvgIpc) is 3.32. The SMILES string of the molecule is CC(=O)c1coc(Sc2ccc(C(=O)NC3CC4CCC3N4)cc2)c1. The van der Waals surface area contributed by atoms with Crippen molar-refractivity contribution < 1.29 is 14.0 Å². The number of carbonyl (C=O) groups excluding carboxylic acids is 2. The molecule has 2 saturated heterocycles. The van der Waals surface area contributed by atoms with Crippen LogP contribution in [0.15, 0.2) is 51.0 Å². The summed E-state index contributed by atoms with van der Waals surface area (Å²) in [5.74, 6) is -0.0366. The number of fused-ring (bicyclic) bond motifs is 2. The molecular weight excluding hydrogens is 336 g/mol. The van der Waals surface area contributed by atoms with Crippen molar-refractivity contribution in [2.45, 2.75) is 54.3 Å². The fourth-order valence-corrected chi connectivity index (χ4v) is 4.37. The van der Waals surface area contributed by atoms with Gasteiger partial charge in [-0.1, -0.05) is 11.8 Å². The van der Waals surface area contributed by atoms with Crippen LogP contribution in [0.4, 0.5) is 0 Å². The topological polar surface area (TPSA) is 71.3 Å². The number of nitrogens with one attached hydrogen (secondary N) is 2. The molecule has 5 nitrogen and oxygen atoms in total. The molecule has 3 heterocycles. The summed E-state index contributed by atoms with van der Waals surface area (Å²) in [4.78, 5) is 24.7. The van der Waals surface area contributed by atoms with Gasteiger partial charge in [-0.3, -0.25) is 9.59 Å². The van der Waals surface area contributed by atoms with Gasteiger partial charge in [0, 0.05) is 34.7 Å². The largest absolute Gasteiger partial charge is 0.457 e. The Morgan fingerprint density at radius 1 is 1.20 bits per heavy atom. The van der Waals surface area contributed by atoms with Crippen LogP contribution in [0.25, 0.3) is 0 Å². The van der Waals surface area contributed by atoms with Crippen LogP contribution in [0, 0.1) is 0 Å². The first-order valence-electron chi connectivity index (χ1n) is 8.53. The quantitative estimate of drug-likeness (QED) is 0.805. The lowest BCUT2D eigenvalue weighted by atomic mass is 9.95. The Bertz CT molecular complexity index is 799. The van der Waals surface area contributed by atoms with Gasteiger partial charge in [-0.05, 0) is 50.5 Å². The number of rotatable bonds is 5. The minimum atomic E-state index is -0.0206. The Kier molecular flexibility index (Phi) is 4.39. The molecule has 2 aliphatic heterocycles. The molecule has 130 valence electrons. The highest BCUT2D eigenvalue weighted by atomic mass is 32.2. The van der Waals surface area contributed by atoms with Gasteiger partial charge in [-0.25, -0.2) is 0 Å². The van der Waals surface area contributed by atoms with Crippen LogP contribution in [0.1, 0.15) is 46.9 Å². The summed E-state index contributed by atoms with van der Waals surface area (Å²) >= 11 is 1.43. The Morgan fingerprint density at radius 3 is 2.60 bits per heavy atom. The molecule has 3 atom stereocenters. The number of furan rings is 1. The van der Waals surface area contributed by atoms with E-state index in [1.54, 1.807) is 6.07 Å². The maximum Gasteiger partial charge on any atom is 0.251 e. The smallest absolute Gasteiger partial charge is 0.251 e. The van der Waals surface area contributed by atoms with Crippen molar-refractivity contribution in [1.82, 2.24) is 10.6 Å². The molecule has 4 rings (SSSR count). The van der Waals surface area contributed by atoms with Crippen LogP contribution in [0.3, 0.4) is 0 Å². The molecule has 1 amide bonds. The first-order chi connectivity index (χ1) is 12.1. The Balaban J connectivity index is 1.37. The van der Waals surface area contributed by atoms with Crippen LogP contribution >= 0.6 is 11.8 Å². The number of Topliss-reactive ketones (excluding diaryl/α,β-unsaturated/α-hetero) is 1. The molecule has 6 heteroatoms. The van der Waals surface area contributed by atoms with E-state index in [0.29, 0.717) is 28.3 Å². The van der Waals surface area contributed by atoms with Crippen LogP contribution in [0.2, 0.25) is 0 Å². The molecule has 1 aromatic carbocycles. The molecule has 0 saturated carbocycles. The summed E-state index contributed by atoms with van der Waals surface area (Å²) in [6.45, 7) is 1.51. The zero-order chi connectivity index (χ0) is 17.4. The van der Waals surface area contributed by atoms with Crippen molar-refractivity contribution in [3.63, 3.8) is 0 Å². The second-order valence-corrected chi connectivity index (χ2v) is 7.78. The second-order valence-electron chi connectivity index (χ2n) is 6.70. The number of benzene rings is 1. The van der Waals surface area contributed by atoms with Gasteiger partial charge in [0.05, 0.1) is 5.56 Å². The maximum atomic E-state index is 12.4. The van der Waals surface area contributed by atoms with Gasteiger partial charge in [-0.2, -0.15) is 0 Å². The standard InChI is InChI=1S/C19H20N2O3S/c1-11(22)13-8-18(24-10-13)25-15-5-2-12(3-6-15)19(23)21-17-9-14-4-7-16(17)20-14/h2-3,5-6,8,10,14,16-17,20H,4,7,9H2,1H3,(H,21,23). The number of carbonyl (C=O) groups is 2. The Morgan fingerprint density at radius 2 is 2.00 bits per heavy atom. The van der Waals surface area contributed by atoms with Crippen LogP contribution in [-0.2, 0) is 0 Å². The molecule has 2 aliphatic rings. The number of ketones is 1. The highest BCUT2D eigenvalue weighted by Gasteiger charge is 2.39. The minimum absolute atomic E-state index is 0.0160.